The minimum atomic E-state index is -4.48. The van der Waals surface area contributed by atoms with Crippen molar-refractivity contribution < 1.29 is 18.0 Å². The normalized spacial score (nSPS) is 13.5. The number of Topliss-reactive ketones (excluding diaryl/α,β-unsaturated/α-hetero) is 1. The van der Waals surface area contributed by atoms with E-state index in [1.54, 1.807) is 18.2 Å². The van der Waals surface area contributed by atoms with E-state index < -0.39 is 11.7 Å². The Morgan fingerprint density at radius 2 is 1.88 bits per heavy atom. The maximum Gasteiger partial charge on any atom is 0.416 e. The van der Waals surface area contributed by atoms with Gasteiger partial charge in [-0.3, -0.25) is 9.78 Å². The van der Waals surface area contributed by atoms with Gasteiger partial charge in [-0.2, -0.15) is 13.2 Å². The number of rotatable bonds is 4. The molecule has 7 heteroatoms. The Kier molecular flexibility index (Phi) is 5.45. The monoisotopic (exact) mass is 459 g/mol. The van der Waals surface area contributed by atoms with Crippen LogP contribution < -0.4 is 0 Å². The molecule has 170 valence electrons. The number of pyridine rings is 1. The minimum Gasteiger partial charge on any atom is -0.327 e. The van der Waals surface area contributed by atoms with Gasteiger partial charge in [0.05, 0.1) is 29.3 Å². The summed E-state index contributed by atoms with van der Waals surface area (Å²) in [6.07, 6.45) is 0.614. The second-order valence-electron chi connectivity index (χ2n) is 8.50. The number of carbonyl (C=O) groups is 1. The lowest BCUT2D eigenvalue weighted by Gasteiger charge is -2.08. The molecule has 0 bridgehead atoms. The standard InChI is InChI=1S/C27H20F3N3O/c1-17-2-5-20(26(34)15-22-14-21(10-11-31-22)27(28,29)30)13-19(17)6-3-18-4-9-25-24(12-18)32-16-33(25)23-7-8-23/h2,4-5,9-14,16,23H,7-8,15H2,1H3. The third kappa shape index (κ3) is 4.58. The van der Waals surface area contributed by atoms with Gasteiger partial charge in [0.15, 0.2) is 5.78 Å². The number of carbonyl (C=O) groups excluding carboxylic acids is 1. The van der Waals surface area contributed by atoms with Crippen LogP contribution in [0.5, 0.6) is 0 Å². The van der Waals surface area contributed by atoms with E-state index in [-0.39, 0.29) is 17.9 Å². The molecule has 34 heavy (non-hydrogen) atoms. The molecular weight excluding hydrogens is 439 g/mol. The maximum absolute atomic E-state index is 12.9. The first-order valence-corrected chi connectivity index (χ1v) is 10.9. The molecule has 0 amide bonds. The second-order valence-corrected chi connectivity index (χ2v) is 8.50. The highest BCUT2D eigenvalue weighted by molar-refractivity contribution is 5.97. The van der Waals surface area contributed by atoms with Gasteiger partial charge in [0.1, 0.15) is 0 Å². The van der Waals surface area contributed by atoms with Gasteiger partial charge < -0.3 is 4.57 Å². The summed E-state index contributed by atoms with van der Waals surface area (Å²) in [5, 5.41) is 0. The molecule has 0 saturated heterocycles. The molecular formula is C27H20F3N3O. The number of hydrogen-bond acceptors (Lipinski definition) is 3. The van der Waals surface area contributed by atoms with Gasteiger partial charge >= 0.3 is 6.18 Å². The highest BCUT2D eigenvalue weighted by Gasteiger charge is 2.30. The number of hydrogen-bond donors (Lipinski definition) is 0. The van der Waals surface area contributed by atoms with Crippen LogP contribution in [-0.4, -0.2) is 20.3 Å². The molecule has 0 aliphatic heterocycles. The second kappa shape index (κ2) is 8.45. The molecule has 1 aliphatic carbocycles. The Labute approximate surface area is 194 Å². The van der Waals surface area contributed by atoms with Crippen molar-refractivity contribution in [2.45, 2.75) is 38.4 Å². The van der Waals surface area contributed by atoms with Crippen molar-refractivity contribution >= 4 is 16.8 Å². The molecule has 1 aliphatic rings. The summed E-state index contributed by atoms with van der Waals surface area (Å²) in [4.78, 5) is 21.1. The van der Waals surface area contributed by atoms with Gasteiger partial charge in [0, 0.05) is 34.6 Å². The third-order valence-electron chi connectivity index (χ3n) is 5.90. The zero-order chi connectivity index (χ0) is 23.9. The molecule has 1 fully saturated rings. The molecule has 0 atom stereocenters. The summed E-state index contributed by atoms with van der Waals surface area (Å²) in [6, 6.07) is 13.4. The lowest BCUT2D eigenvalue weighted by Crippen LogP contribution is -2.09. The summed E-state index contributed by atoms with van der Waals surface area (Å²) in [7, 11) is 0. The van der Waals surface area contributed by atoms with Crippen LogP contribution in [0.15, 0.2) is 61.1 Å². The van der Waals surface area contributed by atoms with Crippen LogP contribution in [0.2, 0.25) is 0 Å². The van der Waals surface area contributed by atoms with E-state index in [1.165, 1.54) is 12.8 Å². The molecule has 4 nitrogen and oxygen atoms in total. The topological polar surface area (TPSA) is 47.8 Å². The molecule has 2 aromatic carbocycles. The first-order valence-electron chi connectivity index (χ1n) is 10.9. The summed E-state index contributed by atoms with van der Waals surface area (Å²) in [5.74, 6) is 5.95. The van der Waals surface area contributed by atoms with Crippen molar-refractivity contribution in [2.75, 3.05) is 0 Å². The number of alkyl halides is 3. The quantitative estimate of drug-likeness (QED) is 0.281. The van der Waals surface area contributed by atoms with E-state index in [2.05, 4.69) is 26.4 Å². The first-order chi connectivity index (χ1) is 16.3. The number of nitrogens with zero attached hydrogens (tertiary/aromatic N) is 3. The van der Waals surface area contributed by atoms with Crippen LogP contribution in [0.3, 0.4) is 0 Å². The van der Waals surface area contributed by atoms with Crippen LogP contribution in [0.4, 0.5) is 13.2 Å². The highest BCUT2D eigenvalue weighted by atomic mass is 19.4. The molecule has 0 N–H and O–H groups in total. The van der Waals surface area contributed by atoms with E-state index in [1.807, 2.05) is 31.5 Å². The highest BCUT2D eigenvalue weighted by Crippen LogP contribution is 2.37. The SMILES string of the molecule is Cc1ccc(C(=O)Cc2cc(C(F)(F)F)ccn2)cc1C#Cc1ccc2c(c1)ncn2C1CC1. The number of aryl methyl sites for hydroxylation is 1. The zero-order valence-corrected chi connectivity index (χ0v) is 18.4. The maximum atomic E-state index is 12.9. The third-order valence-corrected chi connectivity index (χ3v) is 5.90. The fraction of sp³-hybridized carbons (Fsp3) is 0.222. The Morgan fingerprint density at radius 1 is 1.06 bits per heavy atom. The van der Waals surface area contributed by atoms with Crippen molar-refractivity contribution in [3.05, 3.63) is 94.6 Å². The van der Waals surface area contributed by atoms with E-state index in [0.29, 0.717) is 17.2 Å². The zero-order valence-electron chi connectivity index (χ0n) is 18.4. The summed E-state index contributed by atoms with van der Waals surface area (Å²) in [6.45, 7) is 1.90. The van der Waals surface area contributed by atoms with E-state index >= 15 is 0 Å². The van der Waals surface area contributed by atoms with E-state index in [9.17, 15) is 18.0 Å². The largest absolute Gasteiger partial charge is 0.416 e. The lowest BCUT2D eigenvalue weighted by molar-refractivity contribution is -0.137. The minimum absolute atomic E-state index is 0.0759. The number of imidazole rings is 1. The molecule has 0 radical (unpaired) electrons. The van der Waals surface area contributed by atoms with Gasteiger partial charge in [0.25, 0.3) is 0 Å². The Balaban J connectivity index is 1.37. The van der Waals surface area contributed by atoms with E-state index in [0.717, 1.165) is 40.5 Å². The Hall–Kier alpha value is -3.92. The van der Waals surface area contributed by atoms with E-state index in [4.69, 9.17) is 0 Å². The van der Waals surface area contributed by atoms with Crippen molar-refractivity contribution in [1.29, 1.82) is 0 Å². The average Bonchev–Trinajstić information content (AvgIpc) is 3.57. The summed E-state index contributed by atoms with van der Waals surface area (Å²) >= 11 is 0. The number of fused-ring (bicyclic) bond motifs is 1. The molecule has 2 aromatic heterocycles. The predicted octanol–water partition coefficient (Wildman–Crippen LogP) is 5.92. The molecule has 5 rings (SSSR count). The van der Waals surface area contributed by atoms with Crippen molar-refractivity contribution in [1.82, 2.24) is 14.5 Å². The van der Waals surface area contributed by atoms with Gasteiger partial charge in [-0.05, 0) is 61.7 Å². The molecule has 0 unspecified atom stereocenters. The van der Waals surface area contributed by atoms with Crippen LogP contribution in [0.1, 0.15) is 57.2 Å². The van der Waals surface area contributed by atoms with Crippen LogP contribution in [0, 0.1) is 18.8 Å². The van der Waals surface area contributed by atoms with Gasteiger partial charge in [-0.25, -0.2) is 4.98 Å². The average molecular weight is 459 g/mol. The molecule has 2 heterocycles. The molecule has 0 spiro atoms. The van der Waals surface area contributed by atoms with Crippen LogP contribution >= 0.6 is 0 Å². The molecule has 4 aromatic rings. The number of aromatic nitrogens is 3. The number of halogens is 3. The van der Waals surface area contributed by atoms with Crippen molar-refractivity contribution in [3.8, 4) is 11.8 Å². The van der Waals surface area contributed by atoms with Crippen LogP contribution in [-0.2, 0) is 12.6 Å². The summed E-state index contributed by atoms with van der Waals surface area (Å²) < 4.78 is 41.0. The fourth-order valence-corrected chi connectivity index (χ4v) is 3.84. The van der Waals surface area contributed by atoms with Crippen molar-refractivity contribution in [3.63, 3.8) is 0 Å². The lowest BCUT2D eigenvalue weighted by atomic mass is 9.99. The van der Waals surface area contributed by atoms with Gasteiger partial charge in [0.2, 0.25) is 0 Å². The Bertz CT molecular complexity index is 1470. The summed E-state index contributed by atoms with van der Waals surface area (Å²) in [5.41, 5.74) is 4.04. The number of ketones is 1. The van der Waals surface area contributed by atoms with Gasteiger partial charge in [-0.1, -0.05) is 24.0 Å². The smallest absolute Gasteiger partial charge is 0.327 e. The van der Waals surface area contributed by atoms with Crippen LogP contribution in [0.25, 0.3) is 11.0 Å². The predicted molar refractivity (Wildman–Crippen MR) is 122 cm³/mol. The van der Waals surface area contributed by atoms with Gasteiger partial charge in [-0.15, -0.1) is 0 Å². The fourth-order valence-electron chi connectivity index (χ4n) is 3.84. The molecule has 1 saturated carbocycles. The first kappa shape index (κ1) is 21.9. The van der Waals surface area contributed by atoms with Crippen molar-refractivity contribution in [2.24, 2.45) is 0 Å². The number of benzene rings is 2. The Morgan fingerprint density at radius 3 is 2.65 bits per heavy atom.